The zero-order valence-electron chi connectivity index (χ0n) is 6.57. The molecule has 0 aromatic heterocycles. The highest BCUT2D eigenvalue weighted by Gasteiger charge is 1.98. The summed E-state index contributed by atoms with van der Waals surface area (Å²) in [5.74, 6) is 0.158. The van der Waals surface area contributed by atoms with E-state index in [4.69, 9.17) is 5.11 Å². The van der Waals surface area contributed by atoms with Crippen molar-refractivity contribution in [1.82, 2.24) is 0 Å². The van der Waals surface area contributed by atoms with Crippen molar-refractivity contribution in [3.05, 3.63) is 24.3 Å². The summed E-state index contributed by atoms with van der Waals surface area (Å²) in [6, 6.07) is 6.11. The second-order valence-corrected chi connectivity index (χ2v) is 2.16. The van der Waals surface area contributed by atoms with E-state index in [1.54, 1.807) is 12.1 Å². The summed E-state index contributed by atoms with van der Waals surface area (Å²) in [5, 5.41) is 11.4. The summed E-state index contributed by atoms with van der Waals surface area (Å²) < 4.78 is 4.37. The molecule has 1 aromatic rings. The fourth-order valence-corrected chi connectivity index (χ4v) is 0.714. The van der Waals surface area contributed by atoms with Gasteiger partial charge in [-0.1, -0.05) is 0 Å². The van der Waals surface area contributed by atoms with E-state index >= 15 is 0 Å². The molecule has 1 aromatic carbocycles. The predicted octanol–water partition coefficient (Wildman–Crippen LogP) is 1.57. The minimum Gasteiger partial charge on any atom is -0.508 e. The number of nitrogens with one attached hydrogen (secondary N) is 1. The van der Waals surface area contributed by atoms with Gasteiger partial charge in [-0.05, 0) is 24.3 Å². The van der Waals surface area contributed by atoms with Crippen molar-refractivity contribution in [1.29, 1.82) is 0 Å². The molecule has 12 heavy (non-hydrogen) atoms. The minimum atomic E-state index is -0.527. The lowest BCUT2D eigenvalue weighted by molar-refractivity contribution is 0.187. The molecule has 0 aliphatic carbocycles. The zero-order valence-corrected chi connectivity index (χ0v) is 6.57. The number of anilines is 1. The van der Waals surface area contributed by atoms with Crippen molar-refractivity contribution in [2.24, 2.45) is 0 Å². The number of amides is 1. The van der Waals surface area contributed by atoms with Crippen LogP contribution in [-0.4, -0.2) is 18.3 Å². The van der Waals surface area contributed by atoms with Crippen LogP contribution in [0.3, 0.4) is 0 Å². The normalized spacial score (nSPS) is 9.08. The number of rotatable bonds is 1. The van der Waals surface area contributed by atoms with Crippen LogP contribution in [0.1, 0.15) is 0 Å². The summed E-state index contributed by atoms with van der Waals surface area (Å²) in [6.07, 6.45) is -0.527. The first kappa shape index (κ1) is 8.39. The first-order chi connectivity index (χ1) is 5.72. The lowest BCUT2D eigenvalue weighted by Gasteiger charge is -2.02. The van der Waals surface area contributed by atoms with Crippen molar-refractivity contribution < 1.29 is 14.6 Å². The van der Waals surface area contributed by atoms with E-state index in [0.29, 0.717) is 5.69 Å². The number of carbonyl (C=O) groups excluding carboxylic acids is 1. The van der Waals surface area contributed by atoms with Crippen LogP contribution in [0.5, 0.6) is 5.75 Å². The van der Waals surface area contributed by atoms with Crippen LogP contribution >= 0.6 is 0 Å². The molecule has 0 spiro atoms. The maximum Gasteiger partial charge on any atom is 0.411 e. The van der Waals surface area contributed by atoms with E-state index in [2.05, 4.69) is 10.1 Å². The van der Waals surface area contributed by atoms with Crippen LogP contribution in [0, 0.1) is 0 Å². The van der Waals surface area contributed by atoms with Gasteiger partial charge in [-0.3, -0.25) is 5.32 Å². The summed E-state index contributed by atoms with van der Waals surface area (Å²) in [6.45, 7) is 0. The molecule has 0 bridgehead atoms. The van der Waals surface area contributed by atoms with E-state index in [1.165, 1.54) is 19.2 Å². The average Bonchev–Trinajstić information content (AvgIpc) is 2.09. The second kappa shape index (κ2) is 3.61. The molecule has 1 rings (SSSR count). The number of carbonyl (C=O) groups is 1. The van der Waals surface area contributed by atoms with Gasteiger partial charge < -0.3 is 9.84 Å². The molecular formula is C8H9NO3. The molecule has 0 radical (unpaired) electrons. The third-order valence-electron chi connectivity index (χ3n) is 1.30. The first-order valence-corrected chi connectivity index (χ1v) is 3.36. The number of hydrogen-bond acceptors (Lipinski definition) is 3. The number of phenols is 1. The Labute approximate surface area is 69.8 Å². The molecule has 64 valence electrons. The van der Waals surface area contributed by atoms with Crippen LogP contribution in [0.2, 0.25) is 0 Å². The Balaban J connectivity index is 2.64. The van der Waals surface area contributed by atoms with E-state index in [9.17, 15) is 4.79 Å². The van der Waals surface area contributed by atoms with Crippen LogP contribution in [0.25, 0.3) is 0 Å². The zero-order chi connectivity index (χ0) is 8.97. The first-order valence-electron chi connectivity index (χ1n) is 3.36. The molecule has 1 amide bonds. The Kier molecular flexibility index (Phi) is 2.53. The number of phenolic OH excluding ortho intramolecular Hbond substituents is 1. The molecule has 2 N–H and O–H groups in total. The van der Waals surface area contributed by atoms with Gasteiger partial charge >= 0.3 is 6.09 Å². The maximum absolute atomic E-state index is 10.7. The largest absolute Gasteiger partial charge is 0.508 e. The third-order valence-corrected chi connectivity index (χ3v) is 1.30. The van der Waals surface area contributed by atoms with Crippen LogP contribution in [-0.2, 0) is 4.74 Å². The number of benzene rings is 1. The van der Waals surface area contributed by atoms with Crippen LogP contribution < -0.4 is 5.32 Å². The van der Waals surface area contributed by atoms with E-state index in [-0.39, 0.29) is 5.75 Å². The van der Waals surface area contributed by atoms with Gasteiger partial charge in [0.05, 0.1) is 7.11 Å². The molecule has 0 aliphatic heterocycles. The Morgan fingerprint density at radius 3 is 2.50 bits per heavy atom. The standard InChI is InChI=1S/C8H9NO3/c1-12-8(11)9-6-2-4-7(10)5-3-6/h2-5,10H,1H3,(H,9,11). The summed E-state index contributed by atoms with van der Waals surface area (Å²) in [5.41, 5.74) is 0.583. The fraction of sp³-hybridized carbons (Fsp3) is 0.125. The highest BCUT2D eigenvalue weighted by Crippen LogP contribution is 2.13. The van der Waals surface area contributed by atoms with Crippen molar-refractivity contribution >= 4 is 11.8 Å². The number of hydrogen-bond donors (Lipinski definition) is 2. The lowest BCUT2D eigenvalue weighted by atomic mass is 10.3. The van der Waals surface area contributed by atoms with Crippen molar-refractivity contribution in [3.8, 4) is 5.75 Å². The third kappa shape index (κ3) is 2.16. The predicted molar refractivity (Wildman–Crippen MR) is 44.1 cm³/mol. The van der Waals surface area contributed by atoms with Gasteiger partial charge in [0, 0.05) is 5.69 Å². The number of aromatic hydroxyl groups is 1. The van der Waals surface area contributed by atoms with E-state index in [1.807, 2.05) is 0 Å². The van der Waals surface area contributed by atoms with Gasteiger partial charge in [0.15, 0.2) is 0 Å². The molecule has 0 unspecified atom stereocenters. The monoisotopic (exact) mass is 167 g/mol. The van der Waals surface area contributed by atoms with E-state index in [0.717, 1.165) is 0 Å². The Morgan fingerprint density at radius 2 is 2.00 bits per heavy atom. The van der Waals surface area contributed by atoms with E-state index < -0.39 is 6.09 Å². The fourth-order valence-electron chi connectivity index (χ4n) is 0.714. The van der Waals surface area contributed by atoms with Crippen molar-refractivity contribution in [3.63, 3.8) is 0 Å². The Morgan fingerprint density at radius 1 is 1.42 bits per heavy atom. The molecule has 0 fully saturated rings. The number of methoxy groups -OCH3 is 1. The topological polar surface area (TPSA) is 58.6 Å². The number of ether oxygens (including phenoxy) is 1. The molecule has 0 atom stereocenters. The lowest BCUT2D eigenvalue weighted by Crippen LogP contribution is -2.10. The molecule has 0 aliphatic rings. The van der Waals surface area contributed by atoms with Gasteiger partial charge in [0.1, 0.15) is 5.75 Å². The summed E-state index contributed by atoms with van der Waals surface area (Å²) in [4.78, 5) is 10.7. The van der Waals surface area contributed by atoms with Crippen LogP contribution in [0.4, 0.5) is 10.5 Å². The molecule has 0 saturated heterocycles. The van der Waals surface area contributed by atoms with Gasteiger partial charge in [0.25, 0.3) is 0 Å². The Hall–Kier alpha value is -1.71. The summed E-state index contributed by atoms with van der Waals surface area (Å²) >= 11 is 0. The highest BCUT2D eigenvalue weighted by atomic mass is 16.5. The molecule has 0 saturated carbocycles. The summed E-state index contributed by atoms with van der Waals surface area (Å²) in [7, 11) is 1.29. The molecule has 0 heterocycles. The van der Waals surface area contributed by atoms with Gasteiger partial charge in [-0.2, -0.15) is 0 Å². The average molecular weight is 167 g/mol. The molecule has 4 nitrogen and oxygen atoms in total. The second-order valence-electron chi connectivity index (χ2n) is 2.16. The van der Waals surface area contributed by atoms with Crippen molar-refractivity contribution in [2.45, 2.75) is 0 Å². The SMILES string of the molecule is COC(=O)Nc1ccc(O)cc1. The Bertz CT molecular complexity index is 268. The van der Waals surface area contributed by atoms with Crippen LogP contribution in [0.15, 0.2) is 24.3 Å². The van der Waals surface area contributed by atoms with Gasteiger partial charge in [0.2, 0.25) is 0 Å². The highest BCUT2D eigenvalue weighted by molar-refractivity contribution is 5.84. The van der Waals surface area contributed by atoms with Gasteiger partial charge in [-0.25, -0.2) is 4.79 Å². The van der Waals surface area contributed by atoms with Gasteiger partial charge in [-0.15, -0.1) is 0 Å². The maximum atomic E-state index is 10.7. The minimum absolute atomic E-state index is 0.158. The molecule has 4 heteroatoms. The molecular weight excluding hydrogens is 158 g/mol. The quantitative estimate of drug-likeness (QED) is 0.624. The van der Waals surface area contributed by atoms with Crippen molar-refractivity contribution in [2.75, 3.05) is 12.4 Å². The smallest absolute Gasteiger partial charge is 0.411 e.